The van der Waals surface area contributed by atoms with E-state index in [0.29, 0.717) is 35.2 Å². The highest BCUT2D eigenvalue weighted by Gasteiger charge is 2.10. The fourth-order valence-corrected chi connectivity index (χ4v) is 2.34. The molecule has 2 aromatic heterocycles. The molecule has 0 spiro atoms. The Hall–Kier alpha value is -3.68. The van der Waals surface area contributed by atoms with E-state index in [4.69, 9.17) is 9.47 Å². The van der Waals surface area contributed by atoms with E-state index in [2.05, 4.69) is 25.6 Å². The number of nitrogens with one attached hydrogen (secondary N) is 2. The normalized spacial score (nSPS) is 10.1. The molecule has 1 amide bonds. The van der Waals surface area contributed by atoms with Crippen molar-refractivity contribution in [1.29, 1.82) is 0 Å². The van der Waals surface area contributed by atoms with Gasteiger partial charge in [-0.25, -0.2) is 9.97 Å². The van der Waals surface area contributed by atoms with Crippen LogP contribution in [0, 0.1) is 0 Å². The average molecular weight is 365 g/mol. The molecule has 0 saturated heterocycles. The molecule has 0 atom stereocenters. The first kappa shape index (κ1) is 18.1. The van der Waals surface area contributed by atoms with Crippen LogP contribution < -0.4 is 20.1 Å². The number of ether oxygens (including phenoxy) is 2. The second-order valence-electron chi connectivity index (χ2n) is 5.53. The van der Waals surface area contributed by atoms with Gasteiger partial charge >= 0.3 is 0 Å². The molecule has 0 fully saturated rings. The van der Waals surface area contributed by atoms with Crippen molar-refractivity contribution in [2.45, 2.75) is 6.54 Å². The quantitative estimate of drug-likeness (QED) is 0.664. The van der Waals surface area contributed by atoms with Crippen LogP contribution >= 0.6 is 0 Å². The Morgan fingerprint density at radius 3 is 2.37 bits per heavy atom. The first-order valence-electron chi connectivity index (χ1n) is 8.18. The smallest absolute Gasteiger partial charge is 0.258 e. The van der Waals surface area contributed by atoms with Gasteiger partial charge in [0.1, 0.15) is 0 Å². The third-order valence-corrected chi connectivity index (χ3v) is 3.76. The van der Waals surface area contributed by atoms with E-state index in [0.717, 1.165) is 5.56 Å². The van der Waals surface area contributed by atoms with E-state index in [1.165, 1.54) is 19.5 Å². The van der Waals surface area contributed by atoms with Crippen LogP contribution in [0.5, 0.6) is 11.5 Å². The summed E-state index contributed by atoms with van der Waals surface area (Å²) < 4.78 is 10.4. The first-order valence-corrected chi connectivity index (χ1v) is 8.18. The van der Waals surface area contributed by atoms with Crippen LogP contribution in [0.15, 0.2) is 55.1 Å². The largest absolute Gasteiger partial charge is 0.493 e. The molecule has 0 bridgehead atoms. The lowest BCUT2D eigenvalue weighted by Gasteiger charge is -2.10. The third kappa shape index (κ3) is 4.69. The molecule has 0 saturated carbocycles. The highest BCUT2D eigenvalue weighted by atomic mass is 16.5. The van der Waals surface area contributed by atoms with Crippen LogP contribution in [0.3, 0.4) is 0 Å². The number of hydrogen-bond donors (Lipinski definition) is 2. The second-order valence-corrected chi connectivity index (χ2v) is 5.53. The van der Waals surface area contributed by atoms with Crippen molar-refractivity contribution in [3.8, 4) is 11.5 Å². The van der Waals surface area contributed by atoms with Crippen LogP contribution in [0.2, 0.25) is 0 Å². The fourth-order valence-electron chi connectivity index (χ4n) is 2.34. The molecule has 0 aliphatic heterocycles. The number of carbonyl (C=O) groups is 1. The summed E-state index contributed by atoms with van der Waals surface area (Å²) in [6.07, 6.45) is 6.38. The van der Waals surface area contributed by atoms with Gasteiger partial charge in [0.15, 0.2) is 11.5 Å². The number of nitrogens with zero attached hydrogens (tertiary/aromatic N) is 3. The summed E-state index contributed by atoms with van der Waals surface area (Å²) >= 11 is 0. The molecule has 1 aromatic carbocycles. The number of methoxy groups -OCH3 is 2. The van der Waals surface area contributed by atoms with Crippen molar-refractivity contribution in [2.75, 3.05) is 24.9 Å². The van der Waals surface area contributed by atoms with Crippen LogP contribution in [0.1, 0.15) is 15.9 Å². The lowest BCUT2D eigenvalue weighted by atomic mass is 10.2. The second kappa shape index (κ2) is 8.61. The molecule has 0 aliphatic carbocycles. The van der Waals surface area contributed by atoms with Gasteiger partial charge in [-0.3, -0.25) is 9.78 Å². The number of amides is 1. The summed E-state index contributed by atoms with van der Waals surface area (Å²) in [6.45, 7) is 0.569. The molecular formula is C19H19N5O3. The first-order chi connectivity index (χ1) is 13.2. The van der Waals surface area contributed by atoms with Crippen molar-refractivity contribution >= 4 is 17.5 Å². The molecule has 27 heavy (non-hydrogen) atoms. The van der Waals surface area contributed by atoms with Gasteiger partial charge in [0.2, 0.25) is 5.95 Å². The summed E-state index contributed by atoms with van der Waals surface area (Å²) in [4.78, 5) is 24.7. The van der Waals surface area contributed by atoms with Crippen molar-refractivity contribution in [1.82, 2.24) is 15.0 Å². The SMILES string of the molecule is COc1ccc(NC(=O)c2cnc(NCc3ccncc3)nc2)cc1OC. The molecule has 2 N–H and O–H groups in total. The number of benzene rings is 1. The summed E-state index contributed by atoms with van der Waals surface area (Å²) in [5.74, 6) is 1.24. The molecule has 0 unspecified atom stereocenters. The van der Waals surface area contributed by atoms with E-state index in [-0.39, 0.29) is 5.91 Å². The number of carbonyl (C=O) groups excluding carboxylic acids is 1. The minimum Gasteiger partial charge on any atom is -0.493 e. The summed E-state index contributed by atoms with van der Waals surface area (Å²) in [6, 6.07) is 8.93. The molecule has 0 aliphatic rings. The minimum absolute atomic E-state index is 0.317. The summed E-state index contributed by atoms with van der Waals surface area (Å²) in [5, 5.41) is 5.87. The Kier molecular flexibility index (Phi) is 5.78. The van der Waals surface area contributed by atoms with Gasteiger partial charge < -0.3 is 20.1 Å². The number of aromatic nitrogens is 3. The van der Waals surface area contributed by atoms with Gasteiger partial charge in [-0.1, -0.05) is 0 Å². The van der Waals surface area contributed by atoms with Gasteiger partial charge in [-0.15, -0.1) is 0 Å². The number of rotatable bonds is 7. The Bertz CT molecular complexity index is 901. The van der Waals surface area contributed by atoms with Crippen molar-refractivity contribution in [3.63, 3.8) is 0 Å². The van der Waals surface area contributed by atoms with E-state index in [1.807, 2.05) is 12.1 Å². The van der Waals surface area contributed by atoms with Crippen LogP contribution in [-0.4, -0.2) is 35.1 Å². The lowest BCUT2D eigenvalue weighted by Crippen LogP contribution is -2.13. The van der Waals surface area contributed by atoms with Crippen molar-refractivity contribution in [2.24, 2.45) is 0 Å². The van der Waals surface area contributed by atoms with E-state index < -0.39 is 0 Å². The maximum atomic E-state index is 12.4. The Morgan fingerprint density at radius 1 is 1.00 bits per heavy atom. The average Bonchev–Trinajstić information content (AvgIpc) is 2.73. The minimum atomic E-state index is -0.317. The molecule has 0 radical (unpaired) electrons. The Labute approximate surface area is 156 Å². The predicted octanol–water partition coefficient (Wildman–Crippen LogP) is 2.75. The molecule has 3 rings (SSSR count). The van der Waals surface area contributed by atoms with Crippen LogP contribution in [-0.2, 0) is 6.54 Å². The predicted molar refractivity (Wildman–Crippen MR) is 101 cm³/mol. The van der Waals surface area contributed by atoms with E-state index >= 15 is 0 Å². The number of anilines is 2. The maximum Gasteiger partial charge on any atom is 0.258 e. The zero-order valence-electron chi connectivity index (χ0n) is 15.0. The topological polar surface area (TPSA) is 98.3 Å². The molecule has 138 valence electrons. The van der Waals surface area contributed by atoms with Gasteiger partial charge in [-0.2, -0.15) is 0 Å². The summed E-state index contributed by atoms with van der Waals surface area (Å²) in [5.41, 5.74) is 1.99. The standard InChI is InChI=1S/C19H19N5O3/c1-26-16-4-3-15(9-17(16)27-2)24-18(25)14-11-22-19(23-12-14)21-10-13-5-7-20-8-6-13/h3-9,11-12H,10H2,1-2H3,(H,24,25)(H,21,22,23). The van der Waals surface area contributed by atoms with Gasteiger partial charge in [0.25, 0.3) is 5.91 Å². The Morgan fingerprint density at radius 2 is 1.70 bits per heavy atom. The van der Waals surface area contributed by atoms with Gasteiger partial charge in [-0.05, 0) is 29.8 Å². The fraction of sp³-hybridized carbons (Fsp3) is 0.158. The monoisotopic (exact) mass is 365 g/mol. The lowest BCUT2D eigenvalue weighted by molar-refractivity contribution is 0.102. The molecule has 8 nitrogen and oxygen atoms in total. The van der Waals surface area contributed by atoms with Gasteiger partial charge in [0.05, 0.1) is 19.8 Å². The number of pyridine rings is 1. The molecule has 2 heterocycles. The zero-order chi connectivity index (χ0) is 19.1. The highest BCUT2D eigenvalue weighted by Crippen LogP contribution is 2.29. The van der Waals surface area contributed by atoms with Crippen molar-refractivity contribution < 1.29 is 14.3 Å². The molecular weight excluding hydrogens is 346 g/mol. The molecule has 3 aromatic rings. The Balaban J connectivity index is 1.62. The molecule has 8 heteroatoms. The van der Waals surface area contributed by atoms with Crippen LogP contribution in [0.25, 0.3) is 0 Å². The zero-order valence-corrected chi connectivity index (χ0v) is 15.0. The van der Waals surface area contributed by atoms with E-state index in [1.54, 1.807) is 37.7 Å². The van der Waals surface area contributed by atoms with Gasteiger partial charge in [0, 0.05) is 43.1 Å². The summed E-state index contributed by atoms with van der Waals surface area (Å²) in [7, 11) is 3.09. The maximum absolute atomic E-state index is 12.4. The highest BCUT2D eigenvalue weighted by molar-refractivity contribution is 6.04. The third-order valence-electron chi connectivity index (χ3n) is 3.76. The van der Waals surface area contributed by atoms with E-state index in [9.17, 15) is 4.79 Å². The van der Waals surface area contributed by atoms with Crippen LogP contribution in [0.4, 0.5) is 11.6 Å². The number of hydrogen-bond acceptors (Lipinski definition) is 7. The van der Waals surface area contributed by atoms with Crippen molar-refractivity contribution in [3.05, 3.63) is 66.2 Å².